The van der Waals surface area contributed by atoms with E-state index in [4.69, 9.17) is 10.00 Å². The molecule has 0 saturated carbocycles. The number of carbonyl (C=O) groups excluding carboxylic acids is 1. The molecule has 2 unspecified atom stereocenters. The Morgan fingerprint density at radius 3 is 2.45 bits per heavy atom. The highest BCUT2D eigenvalue weighted by Crippen LogP contribution is 2.25. The Kier molecular flexibility index (Phi) is 5.03. The van der Waals surface area contributed by atoms with E-state index in [-0.39, 0.29) is 0 Å². The van der Waals surface area contributed by atoms with Gasteiger partial charge < -0.3 is 9.64 Å². The van der Waals surface area contributed by atoms with E-state index in [1.807, 2.05) is 6.07 Å². The summed E-state index contributed by atoms with van der Waals surface area (Å²) < 4.78 is 28.7. The fourth-order valence-electron chi connectivity index (χ4n) is 2.29. The maximum absolute atomic E-state index is 12.2. The fraction of sp³-hybridized carbons (Fsp3) is 0.846. The highest BCUT2D eigenvalue weighted by atomic mass is 32.2. The fourth-order valence-corrected chi connectivity index (χ4v) is 3.33. The number of amides is 1. The molecular formula is C13H22N2O4S. The molecule has 1 rings (SSSR count). The first kappa shape index (κ1) is 16.8. The second kappa shape index (κ2) is 6.00. The molecule has 114 valence electrons. The Morgan fingerprint density at radius 1 is 1.40 bits per heavy atom. The largest absolute Gasteiger partial charge is 0.444 e. The predicted molar refractivity (Wildman–Crippen MR) is 74.8 cm³/mol. The summed E-state index contributed by atoms with van der Waals surface area (Å²) in [6.45, 7) is 5.68. The van der Waals surface area contributed by atoms with Crippen LogP contribution < -0.4 is 0 Å². The molecule has 0 N–H and O–H groups in total. The lowest BCUT2D eigenvalue weighted by Crippen LogP contribution is -2.52. The van der Waals surface area contributed by atoms with Crippen LogP contribution in [0.3, 0.4) is 0 Å². The third-order valence-corrected chi connectivity index (χ3v) is 4.46. The smallest absolute Gasteiger partial charge is 0.410 e. The van der Waals surface area contributed by atoms with Crippen molar-refractivity contribution in [2.45, 2.75) is 56.9 Å². The molecule has 1 heterocycles. The predicted octanol–water partition coefficient (Wildman–Crippen LogP) is 1.71. The van der Waals surface area contributed by atoms with Gasteiger partial charge in [0.05, 0.1) is 12.1 Å². The van der Waals surface area contributed by atoms with Crippen LogP contribution in [0.2, 0.25) is 0 Å². The molecule has 0 radical (unpaired) electrons. The number of hydrogen-bond acceptors (Lipinski definition) is 5. The minimum atomic E-state index is -3.54. The molecule has 0 spiro atoms. The van der Waals surface area contributed by atoms with E-state index in [1.165, 1.54) is 4.90 Å². The molecule has 6 nitrogen and oxygen atoms in total. The molecule has 1 saturated heterocycles. The lowest BCUT2D eigenvalue weighted by Gasteiger charge is -2.38. The Bertz CT molecular complexity index is 501. The summed E-state index contributed by atoms with van der Waals surface area (Å²) in [5, 5.41) is 7.94. The summed E-state index contributed by atoms with van der Waals surface area (Å²) in [4.78, 5) is 13.6. The molecule has 1 amide bonds. The van der Waals surface area contributed by atoms with Crippen LogP contribution in [0, 0.1) is 11.3 Å². The van der Waals surface area contributed by atoms with Crippen molar-refractivity contribution in [3.05, 3.63) is 0 Å². The van der Waals surface area contributed by atoms with Gasteiger partial charge in [0.2, 0.25) is 0 Å². The van der Waals surface area contributed by atoms with E-state index in [0.29, 0.717) is 13.0 Å². The topological polar surface area (TPSA) is 87.5 Å². The van der Waals surface area contributed by atoms with Crippen LogP contribution in [0.15, 0.2) is 0 Å². The van der Waals surface area contributed by atoms with E-state index < -0.39 is 32.8 Å². The summed E-state index contributed by atoms with van der Waals surface area (Å²) in [6, 6.07) is 1.20. The molecule has 0 aromatic rings. The van der Waals surface area contributed by atoms with Gasteiger partial charge in [0.1, 0.15) is 5.60 Å². The van der Waals surface area contributed by atoms with Crippen molar-refractivity contribution >= 4 is 15.9 Å². The monoisotopic (exact) mass is 302 g/mol. The van der Waals surface area contributed by atoms with Crippen LogP contribution in [0.4, 0.5) is 4.79 Å². The van der Waals surface area contributed by atoms with Gasteiger partial charge in [-0.05, 0) is 40.0 Å². The Labute approximate surface area is 120 Å². The van der Waals surface area contributed by atoms with Gasteiger partial charge in [0.15, 0.2) is 15.1 Å². The first-order valence-corrected chi connectivity index (χ1v) is 8.60. The minimum Gasteiger partial charge on any atom is -0.444 e. The summed E-state index contributed by atoms with van der Waals surface area (Å²) in [5.74, 6) is 0. The van der Waals surface area contributed by atoms with Gasteiger partial charge in [0.25, 0.3) is 0 Å². The highest BCUT2D eigenvalue weighted by molar-refractivity contribution is 7.91. The zero-order chi connectivity index (χ0) is 15.6. The van der Waals surface area contributed by atoms with Crippen LogP contribution in [0.1, 0.15) is 40.0 Å². The first-order valence-electron chi connectivity index (χ1n) is 6.64. The van der Waals surface area contributed by atoms with E-state index >= 15 is 0 Å². The van der Waals surface area contributed by atoms with E-state index in [9.17, 15) is 13.2 Å². The summed E-state index contributed by atoms with van der Waals surface area (Å²) in [7, 11) is -3.54. The number of piperidine rings is 1. The number of rotatable bonds is 2. The quantitative estimate of drug-likeness (QED) is 0.775. The molecule has 0 aromatic heterocycles. The number of nitrogens with zero attached hydrogens (tertiary/aromatic N) is 2. The molecule has 1 aliphatic heterocycles. The van der Waals surface area contributed by atoms with Gasteiger partial charge in [-0.2, -0.15) is 5.26 Å². The average Bonchev–Trinajstić information content (AvgIpc) is 2.26. The van der Waals surface area contributed by atoms with Crippen molar-refractivity contribution in [1.29, 1.82) is 5.26 Å². The van der Waals surface area contributed by atoms with Crippen molar-refractivity contribution in [3.8, 4) is 6.07 Å². The zero-order valence-corrected chi connectivity index (χ0v) is 13.2. The Hall–Kier alpha value is -1.29. The normalized spacial score (nSPS) is 21.9. The van der Waals surface area contributed by atoms with Gasteiger partial charge >= 0.3 is 6.09 Å². The SMILES string of the molecule is CC(C)(C)OC(=O)N1CCCCC1C(C#N)S(C)(=O)=O. The summed E-state index contributed by atoms with van der Waals surface area (Å²) >= 11 is 0. The molecule has 1 fully saturated rings. The van der Waals surface area contributed by atoms with Crippen LogP contribution in [0.25, 0.3) is 0 Å². The number of carbonyl (C=O) groups is 1. The molecular weight excluding hydrogens is 280 g/mol. The highest BCUT2D eigenvalue weighted by Gasteiger charge is 2.39. The van der Waals surface area contributed by atoms with Crippen LogP contribution in [-0.2, 0) is 14.6 Å². The van der Waals surface area contributed by atoms with Crippen LogP contribution in [0.5, 0.6) is 0 Å². The molecule has 1 aliphatic rings. The molecule has 0 aromatic carbocycles. The molecule has 7 heteroatoms. The summed E-state index contributed by atoms with van der Waals surface area (Å²) in [6.07, 6.45) is 2.58. The number of hydrogen-bond donors (Lipinski definition) is 0. The number of nitriles is 1. The first-order chi connectivity index (χ1) is 9.06. The standard InChI is InChI=1S/C13H22N2O4S/c1-13(2,3)19-12(16)15-8-6-5-7-10(15)11(9-14)20(4,17)18/h10-11H,5-8H2,1-4H3. The molecule has 20 heavy (non-hydrogen) atoms. The van der Waals surface area contributed by atoms with E-state index in [0.717, 1.165) is 19.1 Å². The van der Waals surface area contributed by atoms with Gasteiger partial charge in [0, 0.05) is 12.8 Å². The molecule has 0 bridgehead atoms. The summed E-state index contributed by atoms with van der Waals surface area (Å²) in [5.41, 5.74) is -0.647. The Balaban J connectivity index is 2.98. The van der Waals surface area contributed by atoms with Crippen molar-refractivity contribution < 1.29 is 17.9 Å². The second-order valence-electron chi connectivity index (χ2n) is 6.12. The lowest BCUT2D eigenvalue weighted by atomic mass is 10.00. The number of likely N-dealkylation sites (tertiary alicyclic amines) is 1. The maximum Gasteiger partial charge on any atom is 0.410 e. The third-order valence-electron chi connectivity index (χ3n) is 3.12. The maximum atomic E-state index is 12.2. The lowest BCUT2D eigenvalue weighted by molar-refractivity contribution is 0.0108. The molecule has 0 aliphatic carbocycles. The number of ether oxygens (including phenoxy) is 1. The van der Waals surface area contributed by atoms with Crippen molar-refractivity contribution in [1.82, 2.24) is 4.90 Å². The number of sulfone groups is 1. The second-order valence-corrected chi connectivity index (χ2v) is 8.28. The molecule has 2 atom stereocenters. The minimum absolute atomic E-state index is 0.424. The van der Waals surface area contributed by atoms with Crippen LogP contribution in [-0.4, -0.2) is 49.1 Å². The van der Waals surface area contributed by atoms with Gasteiger partial charge in [-0.25, -0.2) is 13.2 Å². The van der Waals surface area contributed by atoms with Crippen molar-refractivity contribution in [3.63, 3.8) is 0 Å². The van der Waals surface area contributed by atoms with Crippen molar-refractivity contribution in [2.24, 2.45) is 0 Å². The average molecular weight is 302 g/mol. The van der Waals surface area contributed by atoms with Crippen LogP contribution >= 0.6 is 0 Å². The van der Waals surface area contributed by atoms with E-state index in [1.54, 1.807) is 20.8 Å². The van der Waals surface area contributed by atoms with Crippen molar-refractivity contribution in [2.75, 3.05) is 12.8 Å². The third kappa shape index (κ3) is 4.37. The van der Waals surface area contributed by atoms with E-state index in [2.05, 4.69) is 0 Å². The zero-order valence-electron chi connectivity index (χ0n) is 12.4. The van der Waals surface area contributed by atoms with Gasteiger partial charge in [-0.15, -0.1) is 0 Å². The Morgan fingerprint density at radius 2 is 2.00 bits per heavy atom. The van der Waals surface area contributed by atoms with Gasteiger partial charge in [-0.3, -0.25) is 0 Å². The van der Waals surface area contributed by atoms with Gasteiger partial charge in [-0.1, -0.05) is 0 Å².